The highest BCUT2D eigenvalue weighted by molar-refractivity contribution is 5.83. The zero-order chi connectivity index (χ0) is 12.4. The summed E-state index contributed by atoms with van der Waals surface area (Å²) in [5, 5.41) is 11.4. The number of hydrogen-bond acceptors (Lipinski definition) is 3. The maximum atomic E-state index is 11.4. The van der Waals surface area contributed by atoms with Gasteiger partial charge in [0.05, 0.1) is 0 Å². The lowest BCUT2D eigenvalue weighted by atomic mass is 10.1. The molecule has 0 spiro atoms. The van der Waals surface area contributed by atoms with E-state index in [0.29, 0.717) is 25.9 Å². The first-order valence-electron chi connectivity index (χ1n) is 5.63. The van der Waals surface area contributed by atoms with Gasteiger partial charge in [0.25, 0.3) is 0 Å². The van der Waals surface area contributed by atoms with Crippen LogP contribution in [0.1, 0.15) is 39.0 Å². The average Bonchev–Trinajstić information content (AvgIpc) is 2.24. The second-order valence-electron chi connectivity index (χ2n) is 3.70. The number of aliphatic carboxylic acids is 1. The molecular weight excluding hydrogens is 210 g/mol. The number of carboxylic acid groups (broad SMARTS) is 1. The summed E-state index contributed by atoms with van der Waals surface area (Å²) in [6.45, 7) is 2.50. The van der Waals surface area contributed by atoms with Crippen molar-refractivity contribution in [1.29, 1.82) is 0 Å². The highest BCUT2D eigenvalue weighted by Gasteiger charge is 2.18. The first-order chi connectivity index (χ1) is 7.61. The van der Waals surface area contributed by atoms with Gasteiger partial charge in [-0.25, -0.2) is 4.79 Å². The largest absolute Gasteiger partial charge is 0.480 e. The van der Waals surface area contributed by atoms with Crippen LogP contribution in [0.25, 0.3) is 0 Å². The third-order valence-corrected chi connectivity index (χ3v) is 2.23. The van der Waals surface area contributed by atoms with Crippen molar-refractivity contribution in [3.8, 4) is 0 Å². The van der Waals surface area contributed by atoms with Crippen LogP contribution in [0, 0.1) is 0 Å². The summed E-state index contributed by atoms with van der Waals surface area (Å²) in [5.41, 5.74) is 0. The third kappa shape index (κ3) is 7.23. The molecule has 0 bridgehead atoms. The Morgan fingerprint density at radius 1 is 1.38 bits per heavy atom. The van der Waals surface area contributed by atoms with Gasteiger partial charge in [-0.05, 0) is 12.8 Å². The van der Waals surface area contributed by atoms with Crippen molar-refractivity contribution in [2.75, 3.05) is 13.7 Å². The summed E-state index contributed by atoms with van der Waals surface area (Å²) in [4.78, 5) is 22.2. The van der Waals surface area contributed by atoms with Crippen molar-refractivity contribution in [2.45, 2.75) is 45.1 Å². The number of hydrogen-bond donors (Lipinski definition) is 2. The van der Waals surface area contributed by atoms with Crippen LogP contribution in [0.15, 0.2) is 0 Å². The van der Waals surface area contributed by atoms with E-state index in [1.807, 2.05) is 6.92 Å². The van der Waals surface area contributed by atoms with Crippen LogP contribution in [-0.4, -0.2) is 36.7 Å². The Kier molecular flexibility index (Phi) is 8.52. The first kappa shape index (κ1) is 14.9. The number of carbonyl (C=O) groups is 2. The summed E-state index contributed by atoms with van der Waals surface area (Å²) in [6.07, 6.45) is 3.13. The molecule has 5 nitrogen and oxygen atoms in total. The summed E-state index contributed by atoms with van der Waals surface area (Å²) in [5.74, 6) is -1.19. The Bertz CT molecular complexity index is 218. The van der Waals surface area contributed by atoms with Gasteiger partial charge in [-0.2, -0.15) is 0 Å². The quantitative estimate of drug-likeness (QED) is 0.584. The zero-order valence-electron chi connectivity index (χ0n) is 9.99. The highest BCUT2D eigenvalue weighted by atomic mass is 16.5. The number of ether oxygens (including phenoxy) is 1. The molecular formula is C11H21NO4. The molecule has 16 heavy (non-hydrogen) atoms. The molecule has 0 aromatic heterocycles. The molecule has 0 aromatic rings. The SMILES string of the molecule is CCCCC(NC(=O)CCCOC)C(=O)O. The van der Waals surface area contributed by atoms with Crippen molar-refractivity contribution >= 4 is 11.9 Å². The van der Waals surface area contributed by atoms with Crippen molar-refractivity contribution in [3.05, 3.63) is 0 Å². The number of nitrogens with one attached hydrogen (secondary N) is 1. The molecule has 0 fully saturated rings. The average molecular weight is 231 g/mol. The zero-order valence-corrected chi connectivity index (χ0v) is 9.99. The van der Waals surface area contributed by atoms with Crippen LogP contribution in [-0.2, 0) is 14.3 Å². The monoisotopic (exact) mass is 231 g/mol. The van der Waals surface area contributed by atoms with E-state index in [0.717, 1.165) is 12.8 Å². The number of methoxy groups -OCH3 is 1. The van der Waals surface area contributed by atoms with E-state index in [-0.39, 0.29) is 5.91 Å². The summed E-state index contributed by atoms with van der Waals surface area (Å²) in [6, 6.07) is -0.755. The van der Waals surface area contributed by atoms with Gasteiger partial charge in [-0.1, -0.05) is 19.8 Å². The van der Waals surface area contributed by atoms with Crippen molar-refractivity contribution in [1.82, 2.24) is 5.32 Å². The van der Waals surface area contributed by atoms with E-state index in [1.165, 1.54) is 0 Å². The van der Waals surface area contributed by atoms with Crippen LogP contribution in [0.5, 0.6) is 0 Å². The van der Waals surface area contributed by atoms with Crippen molar-refractivity contribution in [3.63, 3.8) is 0 Å². The summed E-state index contributed by atoms with van der Waals surface area (Å²) in [7, 11) is 1.57. The van der Waals surface area contributed by atoms with Gasteiger partial charge < -0.3 is 15.2 Å². The second-order valence-corrected chi connectivity index (χ2v) is 3.70. The maximum absolute atomic E-state index is 11.4. The Morgan fingerprint density at radius 3 is 2.56 bits per heavy atom. The molecule has 0 aliphatic heterocycles. The third-order valence-electron chi connectivity index (χ3n) is 2.23. The molecule has 94 valence electrons. The van der Waals surface area contributed by atoms with Gasteiger partial charge in [0.1, 0.15) is 6.04 Å². The molecule has 0 aliphatic carbocycles. The second kappa shape index (κ2) is 9.15. The molecule has 2 N–H and O–H groups in total. The van der Waals surface area contributed by atoms with Gasteiger partial charge >= 0.3 is 5.97 Å². The molecule has 1 atom stereocenters. The summed E-state index contributed by atoms with van der Waals surface area (Å²) >= 11 is 0. The Hall–Kier alpha value is -1.10. The minimum atomic E-state index is -0.964. The molecule has 0 radical (unpaired) electrons. The first-order valence-corrected chi connectivity index (χ1v) is 5.63. The molecule has 0 aliphatic rings. The Labute approximate surface area is 96.2 Å². The predicted octanol–water partition coefficient (Wildman–Crippen LogP) is 1.17. The van der Waals surface area contributed by atoms with Crippen molar-refractivity contribution < 1.29 is 19.4 Å². The molecule has 0 heterocycles. The lowest BCUT2D eigenvalue weighted by Gasteiger charge is -2.13. The lowest BCUT2D eigenvalue weighted by Crippen LogP contribution is -2.40. The Morgan fingerprint density at radius 2 is 2.06 bits per heavy atom. The van der Waals surface area contributed by atoms with Crippen LogP contribution in [0.2, 0.25) is 0 Å². The molecule has 5 heteroatoms. The standard InChI is InChI=1S/C11H21NO4/c1-3-4-6-9(11(14)15)12-10(13)7-5-8-16-2/h9H,3-8H2,1-2H3,(H,12,13)(H,14,15). The Balaban J connectivity index is 3.88. The minimum absolute atomic E-state index is 0.222. The number of rotatable bonds is 9. The fraction of sp³-hybridized carbons (Fsp3) is 0.818. The van der Waals surface area contributed by atoms with Gasteiger partial charge in [0.15, 0.2) is 0 Å². The molecule has 0 saturated heterocycles. The van der Waals surface area contributed by atoms with E-state index < -0.39 is 12.0 Å². The van der Waals surface area contributed by atoms with Gasteiger partial charge in [-0.15, -0.1) is 0 Å². The van der Waals surface area contributed by atoms with Crippen LogP contribution >= 0.6 is 0 Å². The molecule has 0 aromatic carbocycles. The highest BCUT2D eigenvalue weighted by Crippen LogP contribution is 2.02. The fourth-order valence-corrected chi connectivity index (χ4v) is 1.31. The van der Waals surface area contributed by atoms with Crippen LogP contribution in [0.4, 0.5) is 0 Å². The topological polar surface area (TPSA) is 75.6 Å². The van der Waals surface area contributed by atoms with Gasteiger partial charge in [0.2, 0.25) is 5.91 Å². The number of carboxylic acids is 1. The van der Waals surface area contributed by atoms with E-state index in [4.69, 9.17) is 9.84 Å². The summed E-state index contributed by atoms with van der Waals surface area (Å²) < 4.78 is 4.81. The molecule has 1 unspecified atom stereocenters. The number of unbranched alkanes of at least 4 members (excludes halogenated alkanes) is 1. The van der Waals surface area contributed by atoms with Gasteiger partial charge in [-0.3, -0.25) is 4.79 Å². The smallest absolute Gasteiger partial charge is 0.326 e. The number of amides is 1. The van der Waals surface area contributed by atoms with Gasteiger partial charge in [0, 0.05) is 20.1 Å². The minimum Gasteiger partial charge on any atom is -0.480 e. The molecule has 0 rings (SSSR count). The van der Waals surface area contributed by atoms with Crippen molar-refractivity contribution in [2.24, 2.45) is 0 Å². The normalized spacial score (nSPS) is 12.1. The number of carbonyl (C=O) groups excluding carboxylic acids is 1. The molecule has 0 saturated carbocycles. The van der Waals surface area contributed by atoms with E-state index in [1.54, 1.807) is 7.11 Å². The van der Waals surface area contributed by atoms with Crippen LogP contribution < -0.4 is 5.32 Å². The van der Waals surface area contributed by atoms with E-state index in [9.17, 15) is 9.59 Å². The fourth-order valence-electron chi connectivity index (χ4n) is 1.31. The van der Waals surface area contributed by atoms with E-state index in [2.05, 4.69) is 5.32 Å². The maximum Gasteiger partial charge on any atom is 0.326 e. The predicted molar refractivity (Wildman–Crippen MR) is 60.2 cm³/mol. The lowest BCUT2D eigenvalue weighted by molar-refractivity contribution is -0.142. The molecule has 1 amide bonds. The van der Waals surface area contributed by atoms with E-state index >= 15 is 0 Å². The van der Waals surface area contributed by atoms with Crippen LogP contribution in [0.3, 0.4) is 0 Å².